The Morgan fingerprint density at radius 1 is 1.15 bits per heavy atom. The van der Waals surface area contributed by atoms with Crippen LogP contribution in [0, 0.1) is 23.2 Å². The highest BCUT2D eigenvalue weighted by Crippen LogP contribution is 2.59. The third-order valence-corrected chi connectivity index (χ3v) is 9.56. The molecule has 0 aromatic carbocycles. The van der Waals surface area contributed by atoms with E-state index < -0.39 is 24.0 Å². The Hall–Kier alpha value is -0.890. The zero-order valence-corrected chi connectivity index (χ0v) is 20.9. The predicted octanol–water partition coefficient (Wildman–Crippen LogP) is 5.25. The molecule has 1 aliphatic heterocycles. The molecule has 0 aromatic heterocycles. The van der Waals surface area contributed by atoms with Crippen molar-refractivity contribution in [1.82, 2.24) is 4.90 Å². The van der Waals surface area contributed by atoms with Crippen LogP contribution in [-0.4, -0.2) is 65.8 Å². The second-order valence-electron chi connectivity index (χ2n) is 11.8. The zero-order valence-electron chi connectivity index (χ0n) is 20.9. The standard InChI is InChI=1S/C27H42F3NO3/c1-18(10-12-31-16-26(17-31,34-3)27(28,29)30)23-8-9-24-20(5-4-11-25(23,24)2)7-6-19-13-21(32)15-22(33)14-19/h6-7,18,21-24,32-33H,4-5,8-17H2,1-3H3/b20-7+/t18?,21-,22-,23-,24+,25-/m1/s1. The van der Waals surface area contributed by atoms with Gasteiger partial charge in [-0.05, 0) is 87.5 Å². The molecule has 3 saturated carbocycles. The number of alkyl halides is 3. The molecule has 6 atom stereocenters. The molecule has 3 aliphatic carbocycles. The van der Waals surface area contributed by atoms with Crippen molar-refractivity contribution in [3.63, 3.8) is 0 Å². The Labute approximate surface area is 202 Å². The number of nitrogens with zero attached hydrogens (tertiary/aromatic N) is 1. The smallest absolute Gasteiger partial charge is 0.393 e. The van der Waals surface area contributed by atoms with Crippen LogP contribution >= 0.6 is 0 Å². The van der Waals surface area contributed by atoms with E-state index >= 15 is 0 Å². The first-order valence-corrected chi connectivity index (χ1v) is 13.1. The first-order chi connectivity index (χ1) is 16.0. The van der Waals surface area contributed by atoms with Gasteiger partial charge >= 0.3 is 6.18 Å². The monoisotopic (exact) mass is 485 g/mol. The minimum atomic E-state index is -4.32. The molecule has 0 radical (unpaired) electrons. The quantitative estimate of drug-likeness (QED) is 0.540. The lowest BCUT2D eigenvalue weighted by Gasteiger charge is -2.50. The summed E-state index contributed by atoms with van der Waals surface area (Å²) in [7, 11) is 1.16. The lowest BCUT2D eigenvalue weighted by Crippen LogP contribution is -2.70. The molecule has 4 rings (SSSR count). The summed E-state index contributed by atoms with van der Waals surface area (Å²) >= 11 is 0. The summed E-state index contributed by atoms with van der Waals surface area (Å²) in [5.74, 6) is 1.61. The molecular formula is C27H42F3NO3. The van der Waals surface area contributed by atoms with Crippen LogP contribution in [0.4, 0.5) is 13.2 Å². The fourth-order valence-electron chi connectivity index (χ4n) is 7.59. The second-order valence-corrected chi connectivity index (χ2v) is 11.8. The minimum Gasteiger partial charge on any atom is -0.393 e. The maximum Gasteiger partial charge on any atom is 0.419 e. The largest absolute Gasteiger partial charge is 0.419 e. The molecule has 194 valence electrons. The van der Waals surface area contributed by atoms with Crippen molar-refractivity contribution >= 4 is 0 Å². The number of aliphatic hydroxyl groups is 2. The van der Waals surface area contributed by atoms with Crippen molar-refractivity contribution in [1.29, 1.82) is 0 Å². The van der Waals surface area contributed by atoms with Gasteiger partial charge in [0.2, 0.25) is 0 Å². The molecule has 4 nitrogen and oxygen atoms in total. The number of halogens is 3. The van der Waals surface area contributed by atoms with Gasteiger partial charge in [-0.3, -0.25) is 4.90 Å². The number of hydrogen-bond donors (Lipinski definition) is 2. The topological polar surface area (TPSA) is 52.9 Å². The van der Waals surface area contributed by atoms with Gasteiger partial charge in [0, 0.05) is 20.2 Å². The summed E-state index contributed by atoms with van der Waals surface area (Å²) in [6.45, 7) is 5.29. The van der Waals surface area contributed by atoms with Crippen molar-refractivity contribution in [2.45, 2.75) is 95.6 Å². The van der Waals surface area contributed by atoms with Gasteiger partial charge in [-0.15, -0.1) is 0 Å². The highest BCUT2D eigenvalue weighted by atomic mass is 19.4. The van der Waals surface area contributed by atoms with Gasteiger partial charge in [0.05, 0.1) is 12.2 Å². The predicted molar refractivity (Wildman–Crippen MR) is 126 cm³/mol. The Bertz CT molecular complexity index is 776. The zero-order chi connectivity index (χ0) is 24.7. The SMILES string of the molecule is COC1(C(F)(F)F)CN(CCC(C)[C@H]2CC[C@H]3/C(=C/C=C4C[C@@H](O)C[C@H](O)C4)CCC[C@]23C)C1. The third kappa shape index (κ3) is 5.00. The molecule has 0 aromatic rings. The average molecular weight is 486 g/mol. The van der Waals surface area contributed by atoms with Gasteiger partial charge in [0.25, 0.3) is 0 Å². The second kappa shape index (κ2) is 9.87. The summed E-state index contributed by atoms with van der Waals surface area (Å²) in [4.78, 5) is 1.88. The fraction of sp³-hybridized carbons (Fsp3) is 0.852. The summed E-state index contributed by atoms with van der Waals surface area (Å²) in [6.07, 6.45) is 7.75. The van der Waals surface area contributed by atoms with Gasteiger partial charge in [0.15, 0.2) is 5.60 Å². The number of allylic oxidation sites excluding steroid dienone is 3. The molecule has 1 unspecified atom stereocenters. The highest BCUT2D eigenvalue weighted by molar-refractivity contribution is 5.26. The molecule has 0 amide bonds. The molecule has 7 heteroatoms. The Kier molecular flexibility index (Phi) is 7.60. The van der Waals surface area contributed by atoms with Gasteiger partial charge in [0.1, 0.15) is 0 Å². The first-order valence-electron chi connectivity index (χ1n) is 13.1. The molecule has 4 fully saturated rings. The lowest BCUT2D eigenvalue weighted by molar-refractivity contribution is -0.310. The molecule has 2 N–H and O–H groups in total. The lowest BCUT2D eigenvalue weighted by atomic mass is 9.61. The van der Waals surface area contributed by atoms with Gasteiger partial charge < -0.3 is 14.9 Å². The summed E-state index contributed by atoms with van der Waals surface area (Å²) < 4.78 is 44.7. The van der Waals surface area contributed by atoms with E-state index in [9.17, 15) is 23.4 Å². The van der Waals surface area contributed by atoms with Crippen LogP contribution in [0.3, 0.4) is 0 Å². The molecule has 34 heavy (non-hydrogen) atoms. The van der Waals surface area contributed by atoms with E-state index in [1.165, 1.54) is 31.3 Å². The summed E-state index contributed by atoms with van der Waals surface area (Å²) in [6, 6.07) is 0. The van der Waals surface area contributed by atoms with E-state index in [1.54, 1.807) is 0 Å². The molecule has 0 spiro atoms. The molecule has 1 heterocycles. The van der Waals surface area contributed by atoms with E-state index in [-0.39, 0.29) is 18.5 Å². The van der Waals surface area contributed by atoms with Crippen LogP contribution in [0.15, 0.2) is 23.3 Å². The highest BCUT2D eigenvalue weighted by Gasteiger charge is 2.62. The molecule has 0 bridgehead atoms. The van der Waals surface area contributed by atoms with E-state index in [1.807, 2.05) is 4.90 Å². The van der Waals surface area contributed by atoms with E-state index in [2.05, 4.69) is 26.0 Å². The first kappa shape index (κ1) is 26.2. The number of methoxy groups -OCH3 is 1. The number of aliphatic hydroxyl groups excluding tert-OH is 2. The number of fused-ring (bicyclic) bond motifs is 1. The average Bonchev–Trinajstić information content (AvgIpc) is 3.07. The van der Waals surface area contributed by atoms with Gasteiger partial charge in [-0.1, -0.05) is 37.1 Å². The van der Waals surface area contributed by atoms with Crippen molar-refractivity contribution in [2.75, 3.05) is 26.7 Å². The van der Waals surface area contributed by atoms with Crippen LogP contribution < -0.4 is 0 Å². The van der Waals surface area contributed by atoms with Crippen molar-refractivity contribution in [3.8, 4) is 0 Å². The van der Waals surface area contributed by atoms with E-state index in [0.29, 0.717) is 43.6 Å². The maximum atomic E-state index is 13.3. The van der Waals surface area contributed by atoms with Crippen LogP contribution in [0.1, 0.15) is 71.6 Å². The number of likely N-dealkylation sites (tertiary alicyclic amines) is 1. The van der Waals surface area contributed by atoms with E-state index in [4.69, 9.17) is 4.74 Å². The Morgan fingerprint density at radius 3 is 2.44 bits per heavy atom. The van der Waals surface area contributed by atoms with Crippen molar-refractivity contribution < 1.29 is 28.1 Å². The molecule has 4 aliphatic rings. The summed E-state index contributed by atoms with van der Waals surface area (Å²) in [5, 5.41) is 20.0. The van der Waals surface area contributed by atoms with Gasteiger partial charge in [-0.25, -0.2) is 0 Å². The van der Waals surface area contributed by atoms with E-state index in [0.717, 1.165) is 25.5 Å². The Balaban J connectivity index is 1.35. The summed E-state index contributed by atoms with van der Waals surface area (Å²) in [5.41, 5.74) is 0.894. The van der Waals surface area contributed by atoms with Gasteiger partial charge in [-0.2, -0.15) is 13.2 Å². The van der Waals surface area contributed by atoms with Crippen molar-refractivity contribution in [3.05, 3.63) is 23.3 Å². The fourth-order valence-corrected chi connectivity index (χ4v) is 7.59. The van der Waals surface area contributed by atoms with Crippen LogP contribution in [0.2, 0.25) is 0 Å². The number of hydrogen-bond acceptors (Lipinski definition) is 4. The van der Waals surface area contributed by atoms with Crippen LogP contribution in [0.5, 0.6) is 0 Å². The molecule has 1 saturated heterocycles. The molecular weight excluding hydrogens is 443 g/mol. The minimum absolute atomic E-state index is 0.0603. The third-order valence-electron chi connectivity index (χ3n) is 9.56. The van der Waals surface area contributed by atoms with Crippen molar-refractivity contribution in [2.24, 2.45) is 23.2 Å². The number of ether oxygens (including phenoxy) is 1. The van der Waals surface area contributed by atoms with Crippen LogP contribution in [0.25, 0.3) is 0 Å². The normalized spacial score (nSPS) is 38.5. The number of rotatable bonds is 6. The van der Waals surface area contributed by atoms with Crippen LogP contribution in [-0.2, 0) is 4.74 Å². The Morgan fingerprint density at radius 2 is 1.82 bits per heavy atom. The maximum absolute atomic E-state index is 13.3.